The highest BCUT2D eigenvalue weighted by Gasteiger charge is 2.58. The first-order valence-corrected chi connectivity index (χ1v) is 18.5. The van der Waals surface area contributed by atoms with Gasteiger partial charge in [0, 0.05) is 53.0 Å². The first-order chi connectivity index (χ1) is 24.9. The number of carboxylic acid groups (broad SMARTS) is 2. The number of nitrogen functional groups attached to an aromatic ring is 1. The summed E-state index contributed by atoms with van der Waals surface area (Å²) in [6, 6.07) is 0.744. The smallest absolute Gasteiger partial charge is 0.352 e. The van der Waals surface area contributed by atoms with Crippen LogP contribution in [0.3, 0.4) is 0 Å². The number of carbonyl (C=O) groups is 5. The third-order valence-electron chi connectivity index (χ3n) is 10.6. The van der Waals surface area contributed by atoms with Crippen LogP contribution in [-0.4, -0.2) is 125 Å². The average molecular weight is 777 g/mol. The number of phenols is 2. The van der Waals surface area contributed by atoms with Crippen LogP contribution in [0.5, 0.6) is 11.5 Å². The van der Waals surface area contributed by atoms with E-state index >= 15 is 0 Å². The second-order valence-electron chi connectivity index (χ2n) is 14.4. The van der Waals surface area contributed by atoms with Crippen molar-refractivity contribution < 1.29 is 58.1 Å². The predicted octanol–water partition coefficient (Wildman–Crippen LogP) is 1.42. The minimum Gasteiger partial charge on any atom is -0.504 e. The van der Waals surface area contributed by atoms with Gasteiger partial charge in [-0.2, -0.15) is 0 Å². The lowest BCUT2D eigenvalue weighted by molar-refractivity contribution is -0.941. The van der Waals surface area contributed by atoms with Gasteiger partial charge in [0.15, 0.2) is 28.2 Å². The maximum Gasteiger partial charge on any atom is 0.352 e. The molecule has 20 heteroatoms. The van der Waals surface area contributed by atoms with E-state index in [0.29, 0.717) is 42.8 Å². The number of fused-ring (bicyclic) bond motifs is 4. The van der Waals surface area contributed by atoms with Crippen LogP contribution in [0.4, 0.5) is 9.52 Å². The van der Waals surface area contributed by atoms with E-state index in [1.54, 1.807) is 0 Å². The van der Waals surface area contributed by atoms with Gasteiger partial charge in [0.1, 0.15) is 29.4 Å². The molecule has 4 saturated heterocycles. The molecule has 4 fully saturated rings. The summed E-state index contributed by atoms with van der Waals surface area (Å²) >= 11 is 2.36. The summed E-state index contributed by atoms with van der Waals surface area (Å²) in [6.07, 6.45) is 2.21. The molecule has 2 bridgehead atoms. The minimum absolute atomic E-state index is 0.00398. The van der Waals surface area contributed by atoms with E-state index in [2.05, 4.69) is 20.8 Å². The molecule has 0 spiro atoms. The van der Waals surface area contributed by atoms with Crippen LogP contribution in [0.25, 0.3) is 0 Å². The summed E-state index contributed by atoms with van der Waals surface area (Å²) < 4.78 is 14.5. The number of oxime groups is 1. The maximum atomic E-state index is 13.9. The van der Waals surface area contributed by atoms with E-state index < -0.39 is 69.7 Å². The highest BCUT2D eigenvalue weighted by Crippen LogP contribution is 2.48. The molecular weight excluding hydrogens is 738 g/mol. The minimum atomic E-state index is -1.79. The molecule has 6 heterocycles. The molecule has 1 aromatic heterocycles. The highest BCUT2D eigenvalue weighted by molar-refractivity contribution is 8.00. The van der Waals surface area contributed by atoms with Gasteiger partial charge in [-0.3, -0.25) is 19.3 Å². The number of aliphatic carboxylic acids is 2. The van der Waals surface area contributed by atoms with Crippen molar-refractivity contribution in [3.8, 4) is 11.5 Å². The number of nitrogens with one attached hydrogen (secondary N) is 2. The second kappa shape index (κ2) is 13.8. The van der Waals surface area contributed by atoms with Gasteiger partial charge in [-0.25, -0.2) is 19.0 Å². The molecule has 0 aliphatic carbocycles. The highest BCUT2D eigenvalue weighted by atomic mass is 32.2. The molecule has 0 unspecified atom stereocenters. The van der Waals surface area contributed by atoms with Crippen molar-refractivity contribution in [1.29, 1.82) is 0 Å². The number of carbonyl (C=O) groups excluding carboxylic acids is 3. The number of thiazole rings is 1. The summed E-state index contributed by atoms with van der Waals surface area (Å²) in [4.78, 5) is 74.5. The predicted molar refractivity (Wildman–Crippen MR) is 188 cm³/mol. The first kappa shape index (κ1) is 37.8. The molecule has 1 aromatic carbocycles. The molecule has 7 rings (SSSR count). The monoisotopic (exact) mass is 776 g/mol. The number of hydrogen-bond acceptors (Lipinski definition) is 13. The third-order valence-corrected chi connectivity index (χ3v) is 12.7. The van der Waals surface area contributed by atoms with Crippen LogP contribution in [0.1, 0.15) is 56.1 Å². The average Bonchev–Trinajstić information content (AvgIpc) is 3.55. The van der Waals surface area contributed by atoms with Crippen LogP contribution < -0.4 is 16.4 Å². The number of halogens is 1. The fraction of sp³-hybridized carbons (Fsp3) is 0.485. The molecule has 3 atom stereocenters. The summed E-state index contributed by atoms with van der Waals surface area (Å²) in [7, 11) is 0. The van der Waals surface area contributed by atoms with E-state index in [1.807, 2.05) is 6.92 Å². The molecule has 0 saturated carbocycles. The van der Waals surface area contributed by atoms with Crippen molar-refractivity contribution in [2.75, 3.05) is 38.5 Å². The number of phenolic OH excluding ortho intramolecular Hbond substituents is 2. The van der Waals surface area contributed by atoms with Crippen LogP contribution in [-0.2, 0) is 24.0 Å². The van der Waals surface area contributed by atoms with Crippen LogP contribution in [0.15, 0.2) is 33.9 Å². The van der Waals surface area contributed by atoms with Gasteiger partial charge in [0.05, 0.1) is 19.6 Å². The number of benzene rings is 1. The SMILES string of the molecule is C[C@@H]1S[C@@H]2[C@H](NC(=O)/C(=N\OC(C)(C)C(=O)O)c3csc(N)n3)C(=O)N2C(C(=O)O)=C1C[N+]12CCC(CNC(=O)c3cc(O)c(O)c(F)c3)(CC1)CC2. The number of carboxylic acids is 2. The number of anilines is 1. The van der Waals surface area contributed by atoms with Gasteiger partial charge < -0.3 is 46.1 Å². The molecule has 5 aliphatic heterocycles. The zero-order valence-electron chi connectivity index (χ0n) is 28.9. The lowest BCUT2D eigenvalue weighted by Crippen LogP contribution is -2.72. The van der Waals surface area contributed by atoms with Crippen molar-refractivity contribution >= 4 is 63.6 Å². The number of piperidine rings is 3. The number of aromatic hydroxyl groups is 2. The van der Waals surface area contributed by atoms with E-state index in [9.17, 15) is 48.8 Å². The Labute approximate surface area is 310 Å². The van der Waals surface area contributed by atoms with Gasteiger partial charge in [0.2, 0.25) is 5.60 Å². The molecule has 2 aromatic rings. The number of thioether (sulfide) groups is 1. The Morgan fingerprint density at radius 2 is 1.83 bits per heavy atom. The lowest BCUT2D eigenvalue weighted by Gasteiger charge is -2.56. The number of quaternary nitrogens is 1. The summed E-state index contributed by atoms with van der Waals surface area (Å²) in [5.74, 6) is -7.45. The molecule has 5 aliphatic rings. The number of nitrogens with two attached hydrogens (primary N) is 1. The normalized spacial score (nSPS) is 26.8. The molecule has 284 valence electrons. The number of aromatic nitrogens is 1. The van der Waals surface area contributed by atoms with E-state index in [4.69, 9.17) is 10.6 Å². The lowest BCUT2D eigenvalue weighted by atomic mass is 9.70. The molecule has 53 heavy (non-hydrogen) atoms. The Morgan fingerprint density at radius 1 is 1.17 bits per heavy atom. The zero-order chi connectivity index (χ0) is 38.6. The van der Waals surface area contributed by atoms with E-state index in [1.165, 1.54) is 35.9 Å². The molecule has 8 N–H and O–H groups in total. The largest absolute Gasteiger partial charge is 0.504 e. The summed E-state index contributed by atoms with van der Waals surface area (Å²) in [5, 5.41) is 48.7. The molecule has 0 radical (unpaired) electrons. The van der Waals surface area contributed by atoms with Crippen LogP contribution >= 0.6 is 23.1 Å². The number of nitrogens with zero attached hydrogens (tertiary/aromatic N) is 4. The van der Waals surface area contributed by atoms with Crippen molar-refractivity contribution in [1.82, 2.24) is 20.5 Å². The summed E-state index contributed by atoms with van der Waals surface area (Å²) in [5.41, 5.74) is 3.71. The van der Waals surface area contributed by atoms with E-state index in [-0.39, 0.29) is 32.8 Å². The first-order valence-electron chi connectivity index (χ1n) is 16.7. The summed E-state index contributed by atoms with van der Waals surface area (Å²) in [6.45, 7) is 7.19. The van der Waals surface area contributed by atoms with Crippen LogP contribution in [0.2, 0.25) is 0 Å². The van der Waals surface area contributed by atoms with Gasteiger partial charge in [-0.15, -0.1) is 23.1 Å². The van der Waals surface area contributed by atoms with E-state index in [0.717, 1.165) is 42.7 Å². The van der Waals surface area contributed by atoms with Crippen molar-refractivity contribution in [3.05, 3.63) is 45.9 Å². The second-order valence-corrected chi connectivity index (χ2v) is 16.7. The molecule has 3 amide bonds. The van der Waals surface area contributed by atoms with Crippen molar-refractivity contribution in [2.45, 2.75) is 62.3 Å². The van der Waals surface area contributed by atoms with Gasteiger partial charge in [-0.05, 0) is 32.9 Å². The fourth-order valence-electron chi connectivity index (χ4n) is 7.15. The topological polar surface area (TPSA) is 254 Å². The molecule has 17 nitrogen and oxygen atoms in total. The maximum absolute atomic E-state index is 13.9. The van der Waals surface area contributed by atoms with Gasteiger partial charge in [-0.1, -0.05) is 5.16 Å². The fourth-order valence-corrected chi connectivity index (χ4v) is 9.14. The number of hydrogen-bond donors (Lipinski definition) is 7. The Hall–Kier alpha value is -4.95. The number of β-lactam (4-membered cyclic amide) rings is 1. The third kappa shape index (κ3) is 7.09. The van der Waals surface area contributed by atoms with Gasteiger partial charge in [0.25, 0.3) is 17.7 Å². The van der Waals surface area contributed by atoms with Crippen LogP contribution in [0, 0.1) is 11.2 Å². The Kier molecular flexibility index (Phi) is 9.84. The zero-order valence-corrected chi connectivity index (χ0v) is 30.6. The molecular formula is C33H39FN7O10S2+. The standard InChI is InChI=1S/C33H38FN7O10S2/c1-15-17(12-41-7-4-33(5-8-41,6-9-41)14-36-25(44)16-10-18(34)24(43)20(42)11-16)23(29(47)48)40-27(46)22(28(40)53-15)38-26(45)21(19-13-52-31(35)37-19)39-51-32(2,3)30(49)50/h10-11,13,15,22,28H,4-9,12,14H2,1-3H3,(H7-,35,36,37,38,39,42,43,44,45,47,48,49,50)/p+1/t15-,22+,28+,33?,41?/m0/s1. The van der Waals surface area contributed by atoms with Gasteiger partial charge >= 0.3 is 11.9 Å². The Balaban J connectivity index is 1.13. The number of amides is 3. The Bertz CT molecular complexity index is 1920. The van der Waals surface area contributed by atoms with Crippen molar-refractivity contribution in [2.24, 2.45) is 10.6 Å². The number of rotatable bonds is 12. The quantitative estimate of drug-likeness (QED) is 0.0530. The Morgan fingerprint density at radius 3 is 2.40 bits per heavy atom. The van der Waals surface area contributed by atoms with Crippen molar-refractivity contribution in [3.63, 3.8) is 0 Å².